The van der Waals surface area contributed by atoms with Gasteiger partial charge in [-0.3, -0.25) is 4.79 Å². The van der Waals surface area contributed by atoms with Gasteiger partial charge >= 0.3 is 5.97 Å². The molecular formula is C12H19N3O5S. The van der Waals surface area contributed by atoms with Gasteiger partial charge in [0.25, 0.3) is 10.0 Å². The molecule has 9 heteroatoms. The molecule has 118 valence electrons. The van der Waals surface area contributed by atoms with Crippen LogP contribution in [0.5, 0.6) is 0 Å². The maximum Gasteiger partial charge on any atom is 0.322 e. The third kappa shape index (κ3) is 2.94. The third-order valence-electron chi connectivity index (χ3n) is 3.51. The number of carboxylic acids is 1. The van der Waals surface area contributed by atoms with Crippen molar-refractivity contribution in [3.05, 3.63) is 12.0 Å². The summed E-state index contributed by atoms with van der Waals surface area (Å²) in [4.78, 5) is 15.2. The predicted molar refractivity (Wildman–Crippen MR) is 73.2 cm³/mol. The largest absolute Gasteiger partial charge is 0.480 e. The number of aliphatic hydroxyl groups excluding tert-OH is 1. The van der Waals surface area contributed by atoms with Gasteiger partial charge in [-0.15, -0.1) is 0 Å². The van der Waals surface area contributed by atoms with Crippen LogP contribution < -0.4 is 0 Å². The van der Waals surface area contributed by atoms with Crippen LogP contribution in [-0.4, -0.2) is 57.1 Å². The number of carbonyl (C=O) groups is 1. The zero-order chi connectivity index (χ0) is 15.8. The van der Waals surface area contributed by atoms with Crippen molar-refractivity contribution in [1.29, 1.82) is 0 Å². The topological polar surface area (TPSA) is 113 Å². The maximum atomic E-state index is 12.5. The molecule has 0 bridgehead atoms. The fraction of sp³-hybridized carbons (Fsp3) is 0.667. The van der Waals surface area contributed by atoms with Crippen molar-refractivity contribution in [3.63, 3.8) is 0 Å². The minimum atomic E-state index is -4.03. The lowest BCUT2D eigenvalue weighted by atomic mass is 10.2. The Bertz CT molecular complexity index is 639. The van der Waals surface area contributed by atoms with Crippen LogP contribution in [0.15, 0.2) is 11.2 Å². The van der Waals surface area contributed by atoms with Gasteiger partial charge < -0.3 is 14.8 Å². The number of aliphatic hydroxyl groups is 1. The first-order chi connectivity index (χ1) is 9.77. The van der Waals surface area contributed by atoms with Gasteiger partial charge in [0.05, 0.1) is 6.10 Å². The Morgan fingerprint density at radius 1 is 1.52 bits per heavy atom. The highest BCUT2D eigenvalue weighted by Gasteiger charge is 2.44. The van der Waals surface area contributed by atoms with Crippen molar-refractivity contribution in [2.24, 2.45) is 0 Å². The van der Waals surface area contributed by atoms with Crippen LogP contribution in [0.4, 0.5) is 0 Å². The van der Waals surface area contributed by atoms with Crippen LogP contribution in [0.25, 0.3) is 0 Å². The average Bonchev–Trinajstić information content (AvgIpc) is 2.95. The second kappa shape index (κ2) is 5.74. The molecule has 8 nitrogen and oxygen atoms in total. The molecule has 0 aromatic carbocycles. The Labute approximate surface area is 123 Å². The zero-order valence-corrected chi connectivity index (χ0v) is 12.7. The van der Waals surface area contributed by atoms with Crippen molar-refractivity contribution < 1.29 is 23.4 Å². The number of hydrogen-bond acceptors (Lipinski definition) is 5. The fourth-order valence-electron chi connectivity index (χ4n) is 2.47. The van der Waals surface area contributed by atoms with Crippen molar-refractivity contribution in [2.75, 3.05) is 6.54 Å². The Hall–Kier alpha value is -1.45. The summed E-state index contributed by atoms with van der Waals surface area (Å²) in [6, 6.07) is -1.25. The normalized spacial score (nSPS) is 23.6. The van der Waals surface area contributed by atoms with E-state index < -0.39 is 28.1 Å². The molecule has 1 fully saturated rings. The number of hydrogen-bond donors (Lipinski definition) is 2. The van der Waals surface area contributed by atoms with E-state index in [0.717, 1.165) is 10.7 Å². The van der Waals surface area contributed by atoms with Gasteiger partial charge in [-0.2, -0.15) is 4.31 Å². The van der Waals surface area contributed by atoms with Gasteiger partial charge in [0.2, 0.25) is 0 Å². The number of β-amino-alcohol motifs (C(OH)–C–C–N with tert-alkyl or cyclic N) is 1. The number of aromatic nitrogens is 2. The van der Waals surface area contributed by atoms with Gasteiger partial charge in [0.15, 0.2) is 5.03 Å². The summed E-state index contributed by atoms with van der Waals surface area (Å²) < 4.78 is 27.6. The summed E-state index contributed by atoms with van der Waals surface area (Å²) in [5, 5.41) is 18.5. The Morgan fingerprint density at radius 3 is 2.76 bits per heavy atom. The first kappa shape index (κ1) is 15.9. The van der Waals surface area contributed by atoms with Crippen LogP contribution in [0.3, 0.4) is 0 Å². The van der Waals surface area contributed by atoms with Gasteiger partial charge in [-0.1, -0.05) is 6.92 Å². The monoisotopic (exact) mass is 317 g/mol. The van der Waals surface area contributed by atoms with E-state index in [1.54, 1.807) is 11.5 Å². The quantitative estimate of drug-likeness (QED) is 0.778. The first-order valence-electron chi connectivity index (χ1n) is 6.73. The molecule has 1 saturated heterocycles. The number of rotatable bonds is 5. The van der Waals surface area contributed by atoms with E-state index in [2.05, 4.69) is 4.98 Å². The van der Waals surface area contributed by atoms with Crippen molar-refractivity contribution >= 4 is 16.0 Å². The molecule has 21 heavy (non-hydrogen) atoms. The molecule has 0 saturated carbocycles. The second-order valence-corrected chi connectivity index (χ2v) is 6.98. The van der Waals surface area contributed by atoms with E-state index in [-0.39, 0.29) is 18.0 Å². The lowest BCUT2D eigenvalue weighted by Crippen LogP contribution is -2.40. The molecular weight excluding hydrogens is 298 g/mol. The smallest absolute Gasteiger partial charge is 0.322 e. The van der Waals surface area contributed by atoms with E-state index >= 15 is 0 Å². The number of carboxylic acid groups (broad SMARTS) is 1. The molecule has 2 atom stereocenters. The summed E-state index contributed by atoms with van der Waals surface area (Å²) in [5.41, 5.74) is 0. The molecule has 2 rings (SSSR count). The predicted octanol–water partition coefficient (Wildman–Crippen LogP) is -0.190. The van der Waals surface area contributed by atoms with Crippen LogP contribution >= 0.6 is 0 Å². The van der Waals surface area contributed by atoms with Gasteiger partial charge in [-0.25, -0.2) is 13.4 Å². The molecule has 0 radical (unpaired) electrons. The van der Waals surface area contributed by atoms with E-state index in [9.17, 15) is 18.3 Å². The summed E-state index contributed by atoms with van der Waals surface area (Å²) >= 11 is 0. The maximum absolute atomic E-state index is 12.5. The van der Waals surface area contributed by atoms with Crippen LogP contribution in [0.1, 0.15) is 25.6 Å². The van der Waals surface area contributed by atoms with Crippen molar-refractivity contribution in [3.8, 4) is 0 Å². The van der Waals surface area contributed by atoms with Crippen LogP contribution in [-0.2, 0) is 21.4 Å². The minimum absolute atomic E-state index is 0.108. The third-order valence-corrected chi connectivity index (χ3v) is 5.26. The number of aliphatic carboxylic acids is 1. The second-order valence-electron chi connectivity index (χ2n) is 5.14. The molecule has 0 spiro atoms. The highest BCUT2D eigenvalue weighted by Crippen LogP contribution is 2.26. The van der Waals surface area contributed by atoms with Crippen molar-refractivity contribution in [2.45, 2.75) is 50.4 Å². The molecule has 0 aliphatic carbocycles. The standard InChI is InChI=1S/C12H19N3O5S/c1-3-4-14-7-11(13-8(14)2)21(19,20)15-6-9(16)5-10(15)12(17)18/h7,9-10,16H,3-6H2,1-2H3,(H,17,18)/t9-,10-/m0/s1. The van der Waals surface area contributed by atoms with Gasteiger partial charge in [-0.05, 0) is 13.3 Å². The van der Waals surface area contributed by atoms with Crippen LogP contribution in [0, 0.1) is 6.92 Å². The number of nitrogens with zero attached hydrogens (tertiary/aromatic N) is 3. The lowest BCUT2D eigenvalue weighted by molar-refractivity contribution is -0.140. The summed E-state index contributed by atoms with van der Waals surface area (Å²) in [5.74, 6) is -0.707. The Balaban J connectivity index is 2.37. The summed E-state index contributed by atoms with van der Waals surface area (Å²) in [6.07, 6.45) is 1.16. The summed E-state index contributed by atoms with van der Waals surface area (Å²) in [7, 11) is -4.03. The molecule has 1 aliphatic heterocycles. The van der Waals surface area contributed by atoms with Crippen molar-refractivity contribution in [1.82, 2.24) is 13.9 Å². The van der Waals surface area contributed by atoms with E-state index in [1.165, 1.54) is 6.20 Å². The molecule has 1 aliphatic rings. The Morgan fingerprint density at radius 2 is 2.19 bits per heavy atom. The van der Waals surface area contributed by atoms with E-state index in [4.69, 9.17) is 5.11 Å². The highest BCUT2D eigenvalue weighted by atomic mass is 32.2. The molecule has 1 aromatic heterocycles. The minimum Gasteiger partial charge on any atom is -0.480 e. The number of aryl methyl sites for hydroxylation is 2. The number of imidazole rings is 1. The van der Waals surface area contributed by atoms with Gasteiger partial charge in [0, 0.05) is 25.7 Å². The van der Waals surface area contributed by atoms with E-state index in [1.807, 2.05) is 6.92 Å². The molecule has 2 heterocycles. The highest BCUT2D eigenvalue weighted by molar-refractivity contribution is 7.89. The van der Waals surface area contributed by atoms with E-state index in [0.29, 0.717) is 12.4 Å². The summed E-state index contributed by atoms with van der Waals surface area (Å²) in [6.45, 7) is 4.07. The first-order valence-corrected chi connectivity index (χ1v) is 8.17. The zero-order valence-electron chi connectivity index (χ0n) is 11.9. The fourth-order valence-corrected chi connectivity index (χ4v) is 4.09. The average molecular weight is 317 g/mol. The SMILES string of the molecule is CCCn1cc(S(=O)(=O)N2C[C@@H](O)C[C@H]2C(=O)O)nc1C. The lowest BCUT2D eigenvalue weighted by Gasteiger charge is -2.19. The molecule has 0 amide bonds. The van der Waals surface area contributed by atoms with Crippen LogP contribution in [0.2, 0.25) is 0 Å². The molecule has 2 N–H and O–H groups in total. The molecule has 1 aromatic rings. The Kier molecular flexibility index (Phi) is 4.35. The molecule has 0 unspecified atom stereocenters. The number of sulfonamides is 1. The van der Waals surface area contributed by atoms with Gasteiger partial charge in [0.1, 0.15) is 11.9 Å².